The number of halogens is 2. The molecule has 2 aliphatic rings. The maximum absolute atomic E-state index is 12.7. The number of oxime groups is 1. The summed E-state index contributed by atoms with van der Waals surface area (Å²) < 4.78 is 4.55. The van der Waals surface area contributed by atoms with Crippen molar-refractivity contribution in [3.63, 3.8) is 0 Å². The lowest BCUT2D eigenvalue weighted by Crippen LogP contribution is -2.41. The summed E-state index contributed by atoms with van der Waals surface area (Å²) in [6.07, 6.45) is -0.349. The molecule has 1 fully saturated rings. The molecule has 2 heterocycles. The summed E-state index contributed by atoms with van der Waals surface area (Å²) in [6, 6.07) is 4.40. The van der Waals surface area contributed by atoms with Gasteiger partial charge in [0.2, 0.25) is 11.5 Å². The zero-order valence-electron chi connectivity index (χ0n) is 11.8. The number of methoxy groups -OCH3 is 1. The van der Waals surface area contributed by atoms with Crippen molar-refractivity contribution in [2.45, 2.75) is 18.4 Å². The second kappa shape index (κ2) is 5.50. The van der Waals surface area contributed by atoms with Gasteiger partial charge in [-0.3, -0.25) is 9.59 Å². The number of rotatable bonds is 2. The van der Waals surface area contributed by atoms with Gasteiger partial charge in [-0.1, -0.05) is 28.4 Å². The third-order valence-electron chi connectivity index (χ3n) is 3.65. The van der Waals surface area contributed by atoms with Gasteiger partial charge < -0.3 is 9.57 Å². The number of benzene rings is 1. The van der Waals surface area contributed by atoms with E-state index in [1.165, 1.54) is 25.3 Å². The summed E-state index contributed by atoms with van der Waals surface area (Å²) in [5, 5.41) is 4.10. The highest BCUT2D eigenvalue weighted by atomic mass is 35.5. The second-order valence-corrected chi connectivity index (χ2v) is 5.92. The topological polar surface area (TPSA) is 85.3 Å². The van der Waals surface area contributed by atoms with E-state index in [0.717, 1.165) is 4.90 Å². The molecule has 0 saturated carbocycles. The van der Waals surface area contributed by atoms with Gasteiger partial charge in [-0.05, 0) is 18.2 Å². The van der Waals surface area contributed by atoms with E-state index in [1.54, 1.807) is 0 Å². The van der Waals surface area contributed by atoms with Gasteiger partial charge in [0.05, 0.1) is 35.7 Å². The van der Waals surface area contributed by atoms with Crippen molar-refractivity contribution in [2.75, 3.05) is 12.0 Å². The van der Waals surface area contributed by atoms with Crippen LogP contribution in [0, 0.1) is 0 Å². The average molecular weight is 357 g/mol. The number of anilines is 1. The average Bonchev–Trinajstić information content (AvgIpc) is 3.04. The lowest BCUT2D eigenvalue weighted by Gasteiger charge is -2.19. The number of imide groups is 1. The summed E-state index contributed by atoms with van der Waals surface area (Å²) in [4.78, 5) is 42.5. The van der Waals surface area contributed by atoms with Crippen LogP contribution in [0.4, 0.5) is 5.69 Å². The van der Waals surface area contributed by atoms with E-state index in [9.17, 15) is 14.4 Å². The molecular weight excluding hydrogens is 347 g/mol. The molecule has 1 spiro atoms. The van der Waals surface area contributed by atoms with Crippen LogP contribution in [0.15, 0.2) is 23.4 Å². The van der Waals surface area contributed by atoms with Crippen LogP contribution in [0.25, 0.3) is 0 Å². The smallest absolute Gasteiger partial charge is 0.356 e. The van der Waals surface area contributed by atoms with Crippen molar-refractivity contribution >= 4 is 52.4 Å². The van der Waals surface area contributed by atoms with Crippen molar-refractivity contribution in [2.24, 2.45) is 5.16 Å². The van der Waals surface area contributed by atoms with E-state index in [0.29, 0.717) is 5.02 Å². The van der Waals surface area contributed by atoms with Crippen molar-refractivity contribution in [3.8, 4) is 0 Å². The van der Waals surface area contributed by atoms with Gasteiger partial charge in [0.1, 0.15) is 0 Å². The summed E-state index contributed by atoms with van der Waals surface area (Å²) in [5.41, 5.74) is -1.27. The van der Waals surface area contributed by atoms with Crippen molar-refractivity contribution in [3.05, 3.63) is 28.2 Å². The molecule has 0 aromatic heterocycles. The Hall–Kier alpha value is -2.12. The van der Waals surface area contributed by atoms with Crippen LogP contribution in [-0.4, -0.2) is 36.2 Å². The zero-order chi connectivity index (χ0) is 16.8. The number of carbonyl (C=O) groups excluding carboxylic acids is 3. The minimum absolute atomic E-state index is 0.0374. The first-order chi connectivity index (χ1) is 10.9. The fraction of sp³-hybridized carbons (Fsp3) is 0.286. The Morgan fingerprint density at radius 1 is 1.30 bits per heavy atom. The predicted molar refractivity (Wildman–Crippen MR) is 81.5 cm³/mol. The second-order valence-electron chi connectivity index (χ2n) is 5.10. The van der Waals surface area contributed by atoms with E-state index >= 15 is 0 Å². The molecule has 3 rings (SSSR count). The molecule has 9 heteroatoms. The molecule has 23 heavy (non-hydrogen) atoms. The first kappa shape index (κ1) is 15.8. The van der Waals surface area contributed by atoms with Gasteiger partial charge >= 0.3 is 5.97 Å². The molecule has 0 aliphatic carbocycles. The molecule has 1 saturated heterocycles. The summed E-state index contributed by atoms with van der Waals surface area (Å²) in [7, 11) is 1.19. The Morgan fingerprint density at radius 3 is 2.70 bits per heavy atom. The number of hydrogen-bond acceptors (Lipinski definition) is 6. The molecule has 2 amide bonds. The SMILES string of the molecule is COC(=O)C1=NO[C@@]2(CC(=O)N(c3ccc(Cl)c(Cl)c3)C2=O)C1. The molecule has 0 bridgehead atoms. The minimum atomic E-state index is -1.51. The molecule has 7 nitrogen and oxygen atoms in total. The van der Waals surface area contributed by atoms with Crippen LogP contribution < -0.4 is 4.90 Å². The molecule has 120 valence electrons. The Kier molecular flexibility index (Phi) is 3.77. The maximum atomic E-state index is 12.7. The third kappa shape index (κ3) is 2.46. The number of esters is 1. The summed E-state index contributed by atoms with van der Waals surface area (Å²) in [5.74, 6) is -1.78. The highest BCUT2D eigenvalue weighted by Crippen LogP contribution is 2.39. The van der Waals surface area contributed by atoms with Gasteiger partial charge in [0.15, 0.2) is 5.71 Å². The molecule has 0 N–H and O–H groups in total. The molecule has 1 aromatic carbocycles. The van der Waals surface area contributed by atoms with Gasteiger partial charge in [-0.25, -0.2) is 9.69 Å². The van der Waals surface area contributed by atoms with Crippen LogP contribution in [0.1, 0.15) is 12.8 Å². The Morgan fingerprint density at radius 2 is 2.04 bits per heavy atom. The lowest BCUT2D eigenvalue weighted by atomic mass is 9.95. The van der Waals surface area contributed by atoms with E-state index in [1.807, 2.05) is 0 Å². The Balaban J connectivity index is 1.89. The number of amides is 2. The number of hydrogen-bond donors (Lipinski definition) is 0. The summed E-state index contributed by atoms with van der Waals surface area (Å²) >= 11 is 11.8. The zero-order valence-corrected chi connectivity index (χ0v) is 13.3. The van der Waals surface area contributed by atoms with Crippen LogP contribution >= 0.6 is 23.2 Å². The fourth-order valence-corrected chi connectivity index (χ4v) is 2.81. The molecule has 0 unspecified atom stereocenters. The van der Waals surface area contributed by atoms with E-state index in [4.69, 9.17) is 28.0 Å². The van der Waals surface area contributed by atoms with Crippen molar-refractivity contribution in [1.82, 2.24) is 0 Å². The number of ether oxygens (including phenoxy) is 1. The summed E-state index contributed by atoms with van der Waals surface area (Å²) in [6.45, 7) is 0. The van der Waals surface area contributed by atoms with Crippen molar-refractivity contribution < 1.29 is 24.0 Å². The minimum Gasteiger partial charge on any atom is -0.464 e. The van der Waals surface area contributed by atoms with Crippen LogP contribution in [0.5, 0.6) is 0 Å². The standard InChI is InChI=1S/C14H10Cl2N2O5/c1-22-12(20)10-5-14(23-17-10)6-11(19)18(13(14)21)7-2-3-8(15)9(16)4-7/h2-4H,5-6H2,1H3/t14-/m1/s1. The lowest BCUT2D eigenvalue weighted by molar-refractivity contribution is -0.136. The highest BCUT2D eigenvalue weighted by Gasteiger charge is 2.58. The van der Waals surface area contributed by atoms with Crippen LogP contribution in [0.2, 0.25) is 10.0 Å². The molecule has 2 aliphatic heterocycles. The Bertz CT molecular complexity index is 764. The first-order valence-electron chi connectivity index (χ1n) is 6.54. The van der Waals surface area contributed by atoms with E-state index < -0.39 is 23.4 Å². The van der Waals surface area contributed by atoms with Crippen molar-refractivity contribution in [1.29, 1.82) is 0 Å². The largest absolute Gasteiger partial charge is 0.464 e. The fourth-order valence-electron chi connectivity index (χ4n) is 2.52. The molecular formula is C14H10Cl2N2O5. The molecule has 0 radical (unpaired) electrons. The van der Waals surface area contributed by atoms with E-state index in [2.05, 4.69) is 9.89 Å². The quantitative estimate of drug-likeness (QED) is 0.597. The van der Waals surface area contributed by atoms with Gasteiger partial charge in [-0.2, -0.15) is 0 Å². The van der Waals surface area contributed by atoms with Gasteiger partial charge in [-0.15, -0.1) is 0 Å². The number of carbonyl (C=O) groups is 3. The van der Waals surface area contributed by atoms with Crippen LogP contribution in [-0.2, 0) is 24.0 Å². The number of nitrogens with zero attached hydrogens (tertiary/aromatic N) is 2. The monoisotopic (exact) mass is 356 g/mol. The normalized spacial score (nSPS) is 23.3. The van der Waals surface area contributed by atoms with Crippen LogP contribution in [0.3, 0.4) is 0 Å². The maximum Gasteiger partial charge on any atom is 0.356 e. The Labute approximate surface area is 140 Å². The highest BCUT2D eigenvalue weighted by molar-refractivity contribution is 6.42. The third-order valence-corrected chi connectivity index (χ3v) is 4.38. The van der Waals surface area contributed by atoms with E-state index in [-0.39, 0.29) is 29.3 Å². The predicted octanol–water partition coefficient (Wildman–Crippen LogP) is 1.94. The van der Waals surface area contributed by atoms with Gasteiger partial charge in [0.25, 0.3) is 5.91 Å². The molecule has 1 aromatic rings. The molecule has 1 atom stereocenters. The van der Waals surface area contributed by atoms with Gasteiger partial charge in [0, 0.05) is 0 Å². The first-order valence-corrected chi connectivity index (χ1v) is 7.29.